The minimum Gasteiger partial charge on any atom is -0.494 e. The van der Waals surface area contributed by atoms with Crippen LogP contribution in [0.25, 0.3) is 0 Å². The average Bonchev–Trinajstić information content (AvgIpc) is 2.94. The van der Waals surface area contributed by atoms with Crippen LogP contribution in [0.15, 0.2) is 72.8 Å². The van der Waals surface area contributed by atoms with Crippen molar-refractivity contribution in [3.05, 3.63) is 89.7 Å². The Morgan fingerprint density at radius 1 is 0.946 bits per heavy atom. The van der Waals surface area contributed by atoms with E-state index in [1.54, 1.807) is 6.07 Å². The summed E-state index contributed by atoms with van der Waals surface area (Å²) >= 11 is 0. The molecule has 37 heavy (non-hydrogen) atoms. The largest absolute Gasteiger partial charge is 0.494 e. The minimum atomic E-state index is -0.547. The molecule has 1 amide bonds. The molecule has 6 heteroatoms. The van der Waals surface area contributed by atoms with Gasteiger partial charge in [0.15, 0.2) is 11.6 Å². The van der Waals surface area contributed by atoms with E-state index >= 15 is 0 Å². The predicted molar refractivity (Wildman–Crippen MR) is 147 cm³/mol. The molecule has 5 rings (SSSR count). The van der Waals surface area contributed by atoms with Crippen LogP contribution in [0.2, 0.25) is 0 Å². The number of amides is 1. The summed E-state index contributed by atoms with van der Waals surface area (Å²) in [6, 6.07) is 23.2. The van der Waals surface area contributed by atoms with E-state index < -0.39 is 5.82 Å². The van der Waals surface area contributed by atoms with Gasteiger partial charge in [0.1, 0.15) is 0 Å². The van der Waals surface area contributed by atoms with Crippen LogP contribution in [-0.4, -0.2) is 44.1 Å². The predicted octanol–water partition coefficient (Wildman–Crippen LogP) is 6.31. The number of anilines is 2. The Balaban J connectivity index is 1.36. The number of nitrogens with zero attached hydrogens (tertiary/aromatic N) is 2. The topological polar surface area (TPSA) is 44.8 Å². The van der Waals surface area contributed by atoms with E-state index in [4.69, 9.17) is 4.74 Å². The molecule has 0 spiro atoms. The zero-order valence-corrected chi connectivity index (χ0v) is 21.8. The quantitative estimate of drug-likeness (QED) is 0.430. The fraction of sp³-hybridized carbons (Fsp3) is 0.387. The van der Waals surface area contributed by atoms with Crippen LogP contribution in [0.3, 0.4) is 0 Å². The Labute approximate surface area is 219 Å². The van der Waals surface area contributed by atoms with Gasteiger partial charge in [-0.05, 0) is 79.6 Å². The normalized spacial score (nSPS) is 22.5. The monoisotopic (exact) mass is 501 g/mol. The van der Waals surface area contributed by atoms with Gasteiger partial charge in [-0.1, -0.05) is 37.3 Å². The van der Waals surface area contributed by atoms with Gasteiger partial charge in [0.25, 0.3) is 5.91 Å². The van der Waals surface area contributed by atoms with Crippen molar-refractivity contribution >= 4 is 17.3 Å². The second kappa shape index (κ2) is 10.9. The third-order valence-electron chi connectivity index (χ3n) is 8.18. The van der Waals surface area contributed by atoms with Crippen molar-refractivity contribution in [2.45, 2.75) is 38.1 Å². The maximum Gasteiger partial charge on any atom is 0.255 e. The van der Waals surface area contributed by atoms with E-state index in [0.29, 0.717) is 0 Å². The summed E-state index contributed by atoms with van der Waals surface area (Å²) in [6.07, 6.45) is 4.61. The van der Waals surface area contributed by atoms with E-state index in [9.17, 15) is 9.18 Å². The smallest absolute Gasteiger partial charge is 0.255 e. The number of piperazine rings is 1. The van der Waals surface area contributed by atoms with Crippen LogP contribution < -0.4 is 15.0 Å². The number of para-hydroxylation sites is 1. The van der Waals surface area contributed by atoms with Crippen molar-refractivity contribution in [1.29, 1.82) is 0 Å². The molecule has 194 valence electrons. The van der Waals surface area contributed by atoms with Gasteiger partial charge in [0.2, 0.25) is 0 Å². The molecule has 0 atom stereocenters. The molecular weight excluding hydrogens is 465 g/mol. The SMILES string of the molecule is COc1ccc(C(=O)Nc2cccc([C@]3(N4CCN(c5ccccc5)CC4)CC[C@H](C)CC3)c2)cc1F. The molecule has 1 N–H and O–H groups in total. The van der Waals surface area contributed by atoms with Crippen LogP contribution in [0, 0.1) is 11.7 Å². The highest BCUT2D eigenvalue weighted by atomic mass is 19.1. The van der Waals surface area contributed by atoms with Gasteiger partial charge in [-0.25, -0.2) is 4.39 Å². The first kappa shape index (κ1) is 25.3. The van der Waals surface area contributed by atoms with Crippen LogP contribution in [0.5, 0.6) is 5.75 Å². The lowest BCUT2D eigenvalue weighted by molar-refractivity contribution is 0.0299. The van der Waals surface area contributed by atoms with Crippen molar-refractivity contribution in [2.75, 3.05) is 43.5 Å². The van der Waals surface area contributed by atoms with E-state index in [-0.39, 0.29) is 22.8 Å². The van der Waals surface area contributed by atoms with Crippen molar-refractivity contribution in [1.82, 2.24) is 4.90 Å². The van der Waals surface area contributed by atoms with Crippen LogP contribution in [-0.2, 0) is 5.54 Å². The maximum atomic E-state index is 14.2. The number of ether oxygens (including phenoxy) is 1. The molecule has 5 nitrogen and oxygen atoms in total. The molecule has 3 aromatic rings. The van der Waals surface area contributed by atoms with Crippen LogP contribution in [0.4, 0.5) is 15.8 Å². The lowest BCUT2D eigenvalue weighted by Gasteiger charge is -2.51. The Morgan fingerprint density at radius 3 is 2.35 bits per heavy atom. The van der Waals surface area contributed by atoms with Gasteiger partial charge in [0, 0.05) is 48.7 Å². The molecule has 1 saturated carbocycles. The maximum absolute atomic E-state index is 14.2. The highest BCUT2D eigenvalue weighted by Gasteiger charge is 2.42. The van der Waals surface area contributed by atoms with Gasteiger partial charge in [-0.2, -0.15) is 0 Å². The zero-order chi connectivity index (χ0) is 25.8. The molecule has 1 saturated heterocycles. The van der Waals surface area contributed by atoms with E-state index in [0.717, 1.165) is 50.6 Å². The van der Waals surface area contributed by atoms with Gasteiger partial charge >= 0.3 is 0 Å². The molecule has 3 aromatic carbocycles. The summed E-state index contributed by atoms with van der Waals surface area (Å²) in [7, 11) is 1.41. The van der Waals surface area contributed by atoms with Gasteiger partial charge in [-0.3, -0.25) is 9.69 Å². The molecule has 1 heterocycles. The molecule has 1 aliphatic heterocycles. The second-order valence-corrected chi connectivity index (χ2v) is 10.4. The Morgan fingerprint density at radius 2 is 1.68 bits per heavy atom. The Hall–Kier alpha value is -3.38. The summed E-state index contributed by atoms with van der Waals surface area (Å²) in [4.78, 5) is 18.1. The number of carbonyl (C=O) groups excluding carboxylic acids is 1. The summed E-state index contributed by atoms with van der Waals surface area (Å²) in [5, 5.41) is 2.99. The number of halogens is 1. The summed E-state index contributed by atoms with van der Waals surface area (Å²) in [5.41, 5.74) is 3.50. The molecule has 0 aromatic heterocycles. The summed E-state index contributed by atoms with van der Waals surface area (Å²) in [6.45, 7) is 6.36. The number of hydrogen-bond acceptors (Lipinski definition) is 4. The third-order valence-corrected chi connectivity index (χ3v) is 8.18. The Bertz CT molecular complexity index is 1220. The first-order valence-electron chi connectivity index (χ1n) is 13.3. The number of rotatable bonds is 6. The first-order chi connectivity index (χ1) is 18.0. The fourth-order valence-electron chi connectivity index (χ4n) is 5.96. The number of methoxy groups -OCH3 is 1. The Kier molecular flexibility index (Phi) is 7.47. The second-order valence-electron chi connectivity index (χ2n) is 10.4. The van der Waals surface area contributed by atoms with Gasteiger partial charge < -0.3 is 15.0 Å². The molecule has 2 aliphatic rings. The van der Waals surface area contributed by atoms with Gasteiger partial charge in [-0.15, -0.1) is 0 Å². The highest BCUT2D eigenvalue weighted by Crippen LogP contribution is 2.45. The molecule has 0 radical (unpaired) electrons. The third kappa shape index (κ3) is 5.35. The van der Waals surface area contributed by atoms with Crippen LogP contribution in [0.1, 0.15) is 48.5 Å². The van der Waals surface area contributed by atoms with Crippen molar-refractivity contribution in [3.8, 4) is 5.75 Å². The number of benzene rings is 3. The molecule has 2 fully saturated rings. The standard InChI is InChI=1S/C31H36FN3O2/c1-23-13-15-31(16-14-23,35-19-17-34(18-20-35)27-9-4-3-5-10-27)25-7-6-8-26(22-25)33-30(36)24-11-12-29(37-2)28(32)21-24/h3-12,21-23H,13-20H2,1-2H3,(H,33,36)/t23-,31-. The summed E-state index contributed by atoms with van der Waals surface area (Å²) < 4.78 is 19.1. The van der Waals surface area contributed by atoms with Crippen molar-refractivity contribution < 1.29 is 13.9 Å². The first-order valence-corrected chi connectivity index (χ1v) is 13.3. The highest BCUT2D eigenvalue weighted by molar-refractivity contribution is 6.04. The molecule has 0 bridgehead atoms. The van der Waals surface area contributed by atoms with Gasteiger partial charge in [0.05, 0.1) is 7.11 Å². The molecule has 1 aliphatic carbocycles. The molecule has 0 unspecified atom stereocenters. The van der Waals surface area contributed by atoms with Crippen molar-refractivity contribution in [3.63, 3.8) is 0 Å². The number of hydrogen-bond donors (Lipinski definition) is 1. The van der Waals surface area contributed by atoms with Crippen molar-refractivity contribution in [2.24, 2.45) is 5.92 Å². The fourth-order valence-corrected chi connectivity index (χ4v) is 5.96. The minimum absolute atomic E-state index is 0.0394. The number of carbonyl (C=O) groups is 1. The lowest BCUT2D eigenvalue weighted by atomic mass is 9.71. The van der Waals surface area contributed by atoms with E-state index in [2.05, 4.69) is 64.5 Å². The summed E-state index contributed by atoms with van der Waals surface area (Å²) in [5.74, 6) is -0.0266. The average molecular weight is 502 g/mol. The van der Waals surface area contributed by atoms with E-state index in [1.807, 2.05) is 12.1 Å². The molecular formula is C31H36FN3O2. The lowest BCUT2D eigenvalue weighted by Crippen LogP contribution is -2.56. The zero-order valence-electron chi connectivity index (χ0n) is 21.8. The van der Waals surface area contributed by atoms with E-state index in [1.165, 1.54) is 43.3 Å². The number of nitrogens with one attached hydrogen (secondary N) is 1. The van der Waals surface area contributed by atoms with Crippen LogP contribution >= 0.6 is 0 Å².